The van der Waals surface area contributed by atoms with Gasteiger partial charge in [-0.3, -0.25) is 9.59 Å². The summed E-state index contributed by atoms with van der Waals surface area (Å²) in [5.41, 5.74) is 1.50. The maximum absolute atomic E-state index is 15.1. The Kier molecular flexibility index (Phi) is 7.52. The summed E-state index contributed by atoms with van der Waals surface area (Å²) in [6, 6.07) is 15.1. The predicted octanol–water partition coefficient (Wildman–Crippen LogP) is 4.06. The predicted molar refractivity (Wildman–Crippen MR) is 129 cm³/mol. The van der Waals surface area contributed by atoms with Crippen LogP contribution in [0.2, 0.25) is 0 Å². The molecule has 1 N–H and O–H groups in total. The van der Waals surface area contributed by atoms with Gasteiger partial charge in [-0.25, -0.2) is 9.18 Å². The summed E-state index contributed by atoms with van der Waals surface area (Å²) in [4.78, 5) is 39.4. The highest BCUT2D eigenvalue weighted by Crippen LogP contribution is 2.46. The first-order valence-corrected chi connectivity index (χ1v) is 11.8. The lowest BCUT2D eigenvalue weighted by Gasteiger charge is -2.38. The first kappa shape index (κ1) is 25.2. The Hall–Kier alpha value is -3.94. The largest absolute Gasteiger partial charge is 0.490 e. The van der Waals surface area contributed by atoms with Crippen LogP contribution in [0.3, 0.4) is 0 Å². The first-order valence-electron chi connectivity index (χ1n) is 11.8. The Bertz CT molecular complexity index is 1240. The molecule has 7 nitrogen and oxygen atoms in total. The van der Waals surface area contributed by atoms with Gasteiger partial charge in [0, 0.05) is 22.5 Å². The van der Waals surface area contributed by atoms with E-state index in [9.17, 15) is 14.4 Å². The summed E-state index contributed by atoms with van der Waals surface area (Å²) in [6.45, 7) is 3.56. The van der Waals surface area contributed by atoms with Crippen LogP contribution in [0.4, 0.5) is 4.39 Å². The number of hydrogen-bond acceptors (Lipinski definition) is 7. The summed E-state index contributed by atoms with van der Waals surface area (Å²) in [6.07, 6.45) is 0.371. The van der Waals surface area contributed by atoms with E-state index in [1.807, 2.05) is 18.2 Å². The van der Waals surface area contributed by atoms with Gasteiger partial charge in [-0.2, -0.15) is 0 Å². The number of carbonyl (C=O) groups is 3. The molecule has 0 radical (unpaired) electrons. The molecule has 0 aromatic heterocycles. The van der Waals surface area contributed by atoms with Gasteiger partial charge in [-0.1, -0.05) is 43.3 Å². The van der Waals surface area contributed by atoms with E-state index in [0.29, 0.717) is 23.6 Å². The highest BCUT2D eigenvalue weighted by Gasteiger charge is 2.47. The zero-order chi connectivity index (χ0) is 25.8. The van der Waals surface area contributed by atoms with Crippen LogP contribution < -0.4 is 10.1 Å². The zero-order valence-electron chi connectivity index (χ0n) is 20.4. The van der Waals surface area contributed by atoms with Gasteiger partial charge in [0.2, 0.25) is 0 Å². The fourth-order valence-electron chi connectivity index (χ4n) is 4.86. The lowest BCUT2D eigenvalue weighted by molar-refractivity contribution is -0.151. The minimum Gasteiger partial charge on any atom is -0.490 e. The second-order valence-corrected chi connectivity index (χ2v) is 8.85. The molecule has 0 amide bonds. The maximum atomic E-state index is 15.1. The molecular weight excluding hydrogens is 465 g/mol. The lowest BCUT2D eigenvalue weighted by atomic mass is 9.69. The standard InChI is InChI=1S/C28H28FNO6/c1-16-15-21-25(26(31)22(16)27(32)34-3)24(19-11-7-8-12-20(19)29)23(17(2)30-21)28(33)36-14-13-35-18-9-5-4-6-10-18/h4-12,16,22,24,30H,13-15H2,1-3H3/t16-,22-,24+/m0/s1. The molecule has 0 fully saturated rings. The third-order valence-electron chi connectivity index (χ3n) is 6.51. The van der Waals surface area contributed by atoms with Gasteiger partial charge in [0.25, 0.3) is 0 Å². The van der Waals surface area contributed by atoms with E-state index in [1.165, 1.54) is 25.3 Å². The minimum atomic E-state index is -1.04. The van der Waals surface area contributed by atoms with E-state index in [0.717, 1.165) is 0 Å². The second-order valence-electron chi connectivity index (χ2n) is 8.85. The van der Waals surface area contributed by atoms with Gasteiger partial charge >= 0.3 is 11.9 Å². The normalized spacial score (nSPS) is 21.4. The van der Waals surface area contributed by atoms with Crippen LogP contribution in [0.5, 0.6) is 5.75 Å². The smallest absolute Gasteiger partial charge is 0.336 e. The van der Waals surface area contributed by atoms with Crippen LogP contribution in [0.25, 0.3) is 0 Å². The number of dihydropyridines is 1. The van der Waals surface area contributed by atoms with Gasteiger partial charge in [0.05, 0.1) is 18.6 Å². The third kappa shape index (κ3) is 4.89. The van der Waals surface area contributed by atoms with Gasteiger partial charge in [0.15, 0.2) is 5.78 Å². The van der Waals surface area contributed by atoms with Crippen molar-refractivity contribution in [3.05, 3.63) is 88.5 Å². The highest BCUT2D eigenvalue weighted by molar-refractivity contribution is 6.12. The summed E-state index contributed by atoms with van der Waals surface area (Å²) in [5.74, 6) is -4.16. The van der Waals surface area contributed by atoms with Crippen molar-refractivity contribution in [2.45, 2.75) is 26.2 Å². The van der Waals surface area contributed by atoms with Crippen molar-refractivity contribution in [2.75, 3.05) is 20.3 Å². The van der Waals surface area contributed by atoms with Crippen LogP contribution in [-0.2, 0) is 23.9 Å². The Morgan fingerprint density at radius 3 is 2.44 bits per heavy atom. The summed E-state index contributed by atoms with van der Waals surface area (Å²) in [5, 5.41) is 3.15. The lowest BCUT2D eigenvalue weighted by Crippen LogP contribution is -2.43. The minimum absolute atomic E-state index is 0.0455. The number of nitrogens with one attached hydrogen (secondary N) is 1. The van der Waals surface area contributed by atoms with Crippen LogP contribution in [0.1, 0.15) is 31.7 Å². The summed E-state index contributed by atoms with van der Waals surface area (Å²) in [7, 11) is 1.23. The molecule has 0 unspecified atom stereocenters. The molecule has 3 atom stereocenters. The Balaban J connectivity index is 1.65. The molecule has 1 heterocycles. The highest BCUT2D eigenvalue weighted by atomic mass is 19.1. The van der Waals surface area contributed by atoms with Crippen molar-refractivity contribution < 1.29 is 33.0 Å². The average Bonchev–Trinajstić information content (AvgIpc) is 2.86. The number of carbonyl (C=O) groups excluding carboxylic acids is 3. The summed E-state index contributed by atoms with van der Waals surface area (Å²) >= 11 is 0. The fourth-order valence-corrected chi connectivity index (χ4v) is 4.86. The number of esters is 2. The van der Waals surface area contributed by atoms with Crippen LogP contribution in [-0.4, -0.2) is 38.0 Å². The quantitative estimate of drug-likeness (QED) is 0.353. The Morgan fingerprint density at radius 2 is 1.75 bits per heavy atom. The molecule has 8 heteroatoms. The van der Waals surface area contributed by atoms with Gasteiger partial charge in [-0.15, -0.1) is 0 Å². The van der Waals surface area contributed by atoms with Gasteiger partial charge in [-0.05, 0) is 37.5 Å². The van der Waals surface area contributed by atoms with Crippen LogP contribution in [0, 0.1) is 17.7 Å². The number of benzene rings is 2. The Morgan fingerprint density at radius 1 is 1.06 bits per heavy atom. The van der Waals surface area contributed by atoms with E-state index < -0.39 is 35.4 Å². The molecule has 36 heavy (non-hydrogen) atoms. The average molecular weight is 494 g/mol. The molecule has 0 bridgehead atoms. The van der Waals surface area contributed by atoms with Crippen molar-refractivity contribution in [2.24, 2.45) is 11.8 Å². The molecule has 1 aliphatic carbocycles. The van der Waals surface area contributed by atoms with E-state index in [4.69, 9.17) is 14.2 Å². The van der Waals surface area contributed by atoms with Crippen molar-refractivity contribution in [1.29, 1.82) is 0 Å². The van der Waals surface area contributed by atoms with Gasteiger partial charge in [0.1, 0.15) is 30.7 Å². The molecule has 0 saturated heterocycles. The van der Waals surface area contributed by atoms with Crippen LogP contribution in [0.15, 0.2) is 77.1 Å². The molecule has 4 rings (SSSR count). The number of allylic oxidation sites excluding steroid dienone is 3. The zero-order valence-corrected chi connectivity index (χ0v) is 20.4. The maximum Gasteiger partial charge on any atom is 0.336 e. The number of halogens is 1. The monoisotopic (exact) mass is 493 g/mol. The number of ether oxygens (including phenoxy) is 3. The number of para-hydroxylation sites is 1. The number of methoxy groups -OCH3 is 1. The van der Waals surface area contributed by atoms with E-state index in [-0.39, 0.29) is 35.8 Å². The number of rotatable bonds is 7. The number of hydrogen-bond donors (Lipinski definition) is 1. The topological polar surface area (TPSA) is 90.9 Å². The summed E-state index contributed by atoms with van der Waals surface area (Å²) < 4.78 is 31.0. The molecule has 2 aromatic rings. The van der Waals surface area contributed by atoms with E-state index in [2.05, 4.69) is 5.32 Å². The molecule has 2 aromatic carbocycles. The molecule has 0 saturated carbocycles. The molecule has 0 spiro atoms. The Labute approximate surface area is 208 Å². The van der Waals surface area contributed by atoms with Crippen molar-refractivity contribution in [3.8, 4) is 5.75 Å². The number of Topliss-reactive ketones (excluding diaryl/α,β-unsaturated/α-hetero) is 1. The SMILES string of the molecule is COC(=O)[C@@H]1C(=O)C2=C(C[C@@H]1C)NC(C)=C(C(=O)OCCOc1ccccc1)[C@H]2c1ccccc1F. The number of ketones is 1. The van der Waals surface area contributed by atoms with Gasteiger partial charge < -0.3 is 19.5 Å². The third-order valence-corrected chi connectivity index (χ3v) is 6.51. The molecular formula is C28H28FNO6. The van der Waals surface area contributed by atoms with Crippen LogP contribution >= 0.6 is 0 Å². The van der Waals surface area contributed by atoms with E-state index in [1.54, 1.807) is 32.0 Å². The van der Waals surface area contributed by atoms with Crippen molar-refractivity contribution in [3.63, 3.8) is 0 Å². The fraction of sp³-hybridized carbons (Fsp3) is 0.321. The molecule has 1 aliphatic heterocycles. The van der Waals surface area contributed by atoms with E-state index >= 15 is 4.39 Å². The second kappa shape index (κ2) is 10.8. The first-order chi connectivity index (χ1) is 17.3. The van der Waals surface area contributed by atoms with Crippen molar-refractivity contribution in [1.82, 2.24) is 5.32 Å². The van der Waals surface area contributed by atoms with Crippen molar-refractivity contribution >= 4 is 17.7 Å². The molecule has 2 aliphatic rings. The molecule has 188 valence electrons.